The molecule has 1 unspecified atom stereocenters. The first-order valence-electron chi connectivity index (χ1n) is 9.22. The largest absolute Gasteiger partial charge is 0.340 e. The third-order valence-corrected chi connectivity index (χ3v) is 5.35. The molecule has 0 bridgehead atoms. The van der Waals surface area contributed by atoms with Crippen LogP contribution in [0.4, 0.5) is 4.39 Å². The number of nitrogens with one attached hydrogen (secondary N) is 1. The second-order valence-electron chi connectivity index (χ2n) is 6.81. The number of amides is 1. The molecule has 3 aromatic carbocycles. The van der Waals surface area contributed by atoms with Crippen LogP contribution in [0.1, 0.15) is 27.7 Å². The maximum Gasteiger partial charge on any atom is 0.274 e. The summed E-state index contributed by atoms with van der Waals surface area (Å²) < 4.78 is 16.5. The van der Waals surface area contributed by atoms with Crippen molar-refractivity contribution < 1.29 is 9.18 Å². The van der Waals surface area contributed by atoms with Crippen LogP contribution in [0.5, 0.6) is 0 Å². The van der Waals surface area contributed by atoms with Crippen molar-refractivity contribution in [2.24, 2.45) is 7.05 Å². The molecule has 1 amide bonds. The van der Waals surface area contributed by atoms with E-state index in [0.717, 1.165) is 10.2 Å². The molecule has 30 heavy (non-hydrogen) atoms. The first-order valence-corrected chi connectivity index (χ1v) is 10.0. The van der Waals surface area contributed by atoms with E-state index in [1.54, 1.807) is 36.4 Å². The van der Waals surface area contributed by atoms with Crippen molar-refractivity contribution in [2.45, 2.75) is 6.04 Å². The van der Waals surface area contributed by atoms with Gasteiger partial charge in [-0.15, -0.1) is 0 Å². The standard InChI is InChI=1S/C23H17BrFN3O2/c1-28-23(30)17-10-6-5-9-16(17)21(27-28)22(29)26-20(14-7-3-2-4-8-14)18-12-11-15(24)13-19(18)25/h2-13,20H,1H3,(H,26,29). The van der Waals surface area contributed by atoms with Gasteiger partial charge in [0.05, 0.1) is 11.4 Å². The molecule has 4 aromatic rings. The molecular weight excluding hydrogens is 449 g/mol. The Kier molecular flexibility index (Phi) is 5.46. The van der Waals surface area contributed by atoms with Gasteiger partial charge in [-0.05, 0) is 23.8 Å². The average molecular weight is 466 g/mol. The zero-order chi connectivity index (χ0) is 21.3. The highest BCUT2D eigenvalue weighted by atomic mass is 79.9. The summed E-state index contributed by atoms with van der Waals surface area (Å²) in [6, 6.07) is 19.9. The number of halogens is 2. The molecule has 1 N–H and O–H groups in total. The quantitative estimate of drug-likeness (QED) is 0.487. The van der Waals surface area contributed by atoms with Crippen LogP contribution >= 0.6 is 15.9 Å². The van der Waals surface area contributed by atoms with Crippen molar-refractivity contribution in [1.29, 1.82) is 0 Å². The number of rotatable bonds is 4. The van der Waals surface area contributed by atoms with E-state index in [9.17, 15) is 14.0 Å². The zero-order valence-corrected chi connectivity index (χ0v) is 17.6. The summed E-state index contributed by atoms with van der Waals surface area (Å²) in [5.74, 6) is -0.949. The molecule has 0 fully saturated rings. The van der Waals surface area contributed by atoms with Crippen LogP contribution in [0.15, 0.2) is 82.1 Å². The minimum atomic E-state index is -0.732. The normalized spacial score (nSPS) is 12.0. The number of hydrogen-bond acceptors (Lipinski definition) is 3. The van der Waals surface area contributed by atoms with Gasteiger partial charge < -0.3 is 5.32 Å². The predicted molar refractivity (Wildman–Crippen MR) is 117 cm³/mol. The van der Waals surface area contributed by atoms with E-state index in [-0.39, 0.29) is 11.3 Å². The maximum absolute atomic E-state index is 14.8. The maximum atomic E-state index is 14.8. The van der Waals surface area contributed by atoms with Crippen molar-refractivity contribution in [2.75, 3.05) is 0 Å². The van der Waals surface area contributed by atoms with Crippen molar-refractivity contribution in [1.82, 2.24) is 15.1 Å². The second kappa shape index (κ2) is 8.20. The number of carbonyl (C=O) groups is 1. The molecule has 1 heterocycles. The van der Waals surface area contributed by atoms with E-state index in [4.69, 9.17) is 0 Å². The lowest BCUT2D eigenvalue weighted by atomic mass is 9.97. The van der Waals surface area contributed by atoms with Gasteiger partial charge in [-0.25, -0.2) is 9.07 Å². The highest BCUT2D eigenvalue weighted by Gasteiger charge is 2.23. The van der Waals surface area contributed by atoms with Crippen LogP contribution in [0.3, 0.4) is 0 Å². The Bertz CT molecular complexity index is 1310. The molecule has 0 aliphatic rings. The number of nitrogens with zero attached hydrogens (tertiary/aromatic N) is 2. The van der Waals surface area contributed by atoms with Gasteiger partial charge in [0.25, 0.3) is 11.5 Å². The zero-order valence-electron chi connectivity index (χ0n) is 16.0. The van der Waals surface area contributed by atoms with Gasteiger partial charge in [-0.3, -0.25) is 9.59 Å². The Morgan fingerprint density at radius 3 is 2.40 bits per heavy atom. The van der Waals surface area contributed by atoms with E-state index < -0.39 is 17.8 Å². The van der Waals surface area contributed by atoms with Crippen LogP contribution in [0, 0.1) is 5.82 Å². The van der Waals surface area contributed by atoms with Crippen LogP contribution in [-0.4, -0.2) is 15.7 Å². The lowest BCUT2D eigenvalue weighted by molar-refractivity contribution is 0.0937. The molecule has 0 saturated carbocycles. The summed E-state index contributed by atoms with van der Waals surface area (Å²) in [6.07, 6.45) is 0. The SMILES string of the molecule is Cn1nc(C(=O)NC(c2ccccc2)c2ccc(Br)cc2F)c2ccccc2c1=O. The van der Waals surface area contributed by atoms with Gasteiger partial charge in [-0.2, -0.15) is 5.10 Å². The van der Waals surface area contributed by atoms with E-state index in [2.05, 4.69) is 26.3 Å². The first kappa shape index (κ1) is 20.0. The van der Waals surface area contributed by atoms with E-state index in [0.29, 0.717) is 20.8 Å². The molecule has 1 aromatic heterocycles. The minimum absolute atomic E-state index is 0.103. The summed E-state index contributed by atoms with van der Waals surface area (Å²) in [5.41, 5.74) is 0.861. The number of aromatic nitrogens is 2. The third kappa shape index (κ3) is 3.76. The predicted octanol–water partition coefficient (Wildman–Crippen LogP) is 4.35. The van der Waals surface area contributed by atoms with Gasteiger partial charge >= 0.3 is 0 Å². The van der Waals surface area contributed by atoms with Gasteiger partial charge in [-0.1, -0.05) is 70.5 Å². The first-order chi connectivity index (χ1) is 14.5. The summed E-state index contributed by atoms with van der Waals surface area (Å²) in [4.78, 5) is 25.6. The molecule has 150 valence electrons. The highest BCUT2D eigenvalue weighted by Crippen LogP contribution is 2.27. The van der Waals surface area contributed by atoms with Crippen molar-refractivity contribution in [3.63, 3.8) is 0 Å². The summed E-state index contributed by atoms with van der Waals surface area (Å²) in [6.45, 7) is 0. The van der Waals surface area contributed by atoms with Crippen molar-refractivity contribution in [3.8, 4) is 0 Å². The van der Waals surface area contributed by atoms with E-state index in [1.165, 1.54) is 13.1 Å². The Balaban J connectivity index is 1.81. The molecule has 0 radical (unpaired) electrons. The molecule has 0 saturated heterocycles. The Labute approximate surface area is 180 Å². The van der Waals surface area contributed by atoms with Gasteiger partial charge in [0.1, 0.15) is 5.82 Å². The highest BCUT2D eigenvalue weighted by molar-refractivity contribution is 9.10. The number of benzene rings is 3. The Morgan fingerprint density at radius 1 is 1.03 bits per heavy atom. The fraction of sp³-hybridized carbons (Fsp3) is 0.0870. The average Bonchev–Trinajstić information content (AvgIpc) is 2.75. The van der Waals surface area contributed by atoms with Crippen LogP contribution in [-0.2, 0) is 7.05 Å². The molecule has 0 aliphatic carbocycles. The second-order valence-corrected chi connectivity index (χ2v) is 7.72. The number of hydrogen-bond donors (Lipinski definition) is 1. The molecule has 1 atom stereocenters. The molecule has 0 spiro atoms. The van der Waals surface area contributed by atoms with Crippen molar-refractivity contribution >= 4 is 32.6 Å². The van der Waals surface area contributed by atoms with Gasteiger partial charge in [0.15, 0.2) is 5.69 Å². The number of fused-ring (bicyclic) bond motifs is 1. The van der Waals surface area contributed by atoms with Crippen LogP contribution in [0.25, 0.3) is 10.8 Å². The van der Waals surface area contributed by atoms with E-state index >= 15 is 0 Å². The van der Waals surface area contributed by atoms with E-state index in [1.807, 2.05) is 30.3 Å². The monoisotopic (exact) mass is 465 g/mol. The Morgan fingerprint density at radius 2 is 1.70 bits per heavy atom. The summed E-state index contributed by atoms with van der Waals surface area (Å²) >= 11 is 3.26. The van der Waals surface area contributed by atoms with Gasteiger partial charge in [0, 0.05) is 22.5 Å². The number of aryl methyl sites for hydroxylation is 1. The topological polar surface area (TPSA) is 64.0 Å². The number of carbonyl (C=O) groups excluding carboxylic acids is 1. The fourth-order valence-corrected chi connectivity index (χ4v) is 3.72. The molecule has 5 nitrogen and oxygen atoms in total. The molecule has 7 heteroatoms. The lowest BCUT2D eigenvalue weighted by Gasteiger charge is -2.21. The molecule has 0 aliphatic heterocycles. The lowest BCUT2D eigenvalue weighted by Crippen LogP contribution is -2.33. The van der Waals surface area contributed by atoms with Crippen molar-refractivity contribution in [3.05, 3.63) is 110 Å². The summed E-state index contributed by atoms with van der Waals surface area (Å²) in [5, 5.41) is 7.90. The third-order valence-electron chi connectivity index (χ3n) is 4.85. The summed E-state index contributed by atoms with van der Waals surface area (Å²) in [7, 11) is 1.49. The molecular formula is C23H17BrFN3O2. The Hall–Kier alpha value is -3.32. The van der Waals surface area contributed by atoms with Crippen LogP contribution < -0.4 is 10.9 Å². The minimum Gasteiger partial charge on any atom is -0.340 e. The van der Waals surface area contributed by atoms with Crippen LogP contribution in [0.2, 0.25) is 0 Å². The fourth-order valence-electron chi connectivity index (χ4n) is 3.39. The van der Waals surface area contributed by atoms with Gasteiger partial charge in [0.2, 0.25) is 0 Å². The molecule has 4 rings (SSSR count). The smallest absolute Gasteiger partial charge is 0.274 e.